The molecule has 1 saturated carbocycles. The van der Waals surface area contributed by atoms with Gasteiger partial charge in [0, 0.05) is 12.1 Å². The van der Waals surface area contributed by atoms with Crippen LogP contribution in [0.5, 0.6) is 0 Å². The second kappa shape index (κ2) is 6.19. The predicted molar refractivity (Wildman–Crippen MR) is 92.5 cm³/mol. The smallest absolute Gasteiger partial charge is 0.254 e. The molecule has 1 aromatic heterocycles. The molecule has 1 atom stereocenters. The molecule has 2 heterocycles. The lowest BCUT2D eigenvalue weighted by Gasteiger charge is -2.27. The Hall–Kier alpha value is -2.23. The number of amides is 1. The molecule has 0 spiro atoms. The summed E-state index contributed by atoms with van der Waals surface area (Å²) in [5, 5.41) is 19.8. The standard InChI is InChI=1S/C17H20N4O4S/c18-26(24,25)14-5-3-12(4-6-14)17(23)20-7-8-21-13(10-20)9-15(19-21)16(22)11-1-2-11/h3-6,9,11,16,22H,1-2,7-8,10H2,(H2,18,24,25)/t16-/m1/s1. The number of carbonyl (C=O) groups excluding carboxylic acids is 1. The zero-order valence-electron chi connectivity index (χ0n) is 14.1. The Balaban J connectivity index is 1.50. The number of carbonyl (C=O) groups is 1. The summed E-state index contributed by atoms with van der Waals surface area (Å²) in [6.45, 7) is 1.47. The lowest BCUT2D eigenvalue weighted by Crippen LogP contribution is -2.38. The van der Waals surface area contributed by atoms with Gasteiger partial charge in [-0.15, -0.1) is 0 Å². The summed E-state index contributed by atoms with van der Waals surface area (Å²) < 4.78 is 24.5. The van der Waals surface area contributed by atoms with E-state index in [0.717, 1.165) is 18.5 Å². The molecule has 3 N–H and O–H groups in total. The number of fused-ring (bicyclic) bond motifs is 1. The number of aliphatic hydroxyl groups is 1. The van der Waals surface area contributed by atoms with Gasteiger partial charge in [-0.3, -0.25) is 9.48 Å². The van der Waals surface area contributed by atoms with Gasteiger partial charge in [0.15, 0.2) is 0 Å². The molecule has 1 aliphatic carbocycles. The van der Waals surface area contributed by atoms with Crippen LogP contribution >= 0.6 is 0 Å². The van der Waals surface area contributed by atoms with Crippen molar-refractivity contribution in [1.29, 1.82) is 0 Å². The normalized spacial score (nSPS) is 18.5. The molecule has 2 aliphatic rings. The summed E-state index contributed by atoms with van der Waals surface area (Å²) in [6.07, 6.45) is 1.54. The molecule has 0 unspecified atom stereocenters. The predicted octanol–water partition coefficient (Wildman–Crippen LogP) is 0.630. The molecule has 9 heteroatoms. The number of nitrogens with zero attached hydrogens (tertiary/aromatic N) is 3. The molecule has 0 saturated heterocycles. The lowest BCUT2D eigenvalue weighted by molar-refractivity contribution is 0.0705. The summed E-state index contributed by atoms with van der Waals surface area (Å²) in [7, 11) is -3.78. The molecule has 2 aromatic rings. The third-order valence-electron chi connectivity index (χ3n) is 4.91. The highest BCUT2D eigenvalue weighted by atomic mass is 32.2. The average Bonchev–Trinajstić information content (AvgIpc) is 3.38. The van der Waals surface area contributed by atoms with Gasteiger partial charge in [-0.1, -0.05) is 0 Å². The first-order chi connectivity index (χ1) is 12.3. The van der Waals surface area contributed by atoms with Crippen LogP contribution in [0.2, 0.25) is 0 Å². The Morgan fingerprint density at radius 3 is 2.54 bits per heavy atom. The van der Waals surface area contributed by atoms with Crippen molar-refractivity contribution in [3.05, 3.63) is 47.3 Å². The van der Waals surface area contributed by atoms with Gasteiger partial charge in [0.2, 0.25) is 10.0 Å². The number of benzene rings is 1. The second-order valence-electron chi connectivity index (χ2n) is 6.86. The van der Waals surface area contributed by atoms with Crippen molar-refractivity contribution in [3.8, 4) is 0 Å². The topological polar surface area (TPSA) is 119 Å². The summed E-state index contributed by atoms with van der Waals surface area (Å²) in [5.74, 6) is 0.129. The summed E-state index contributed by atoms with van der Waals surface area (Å²) in [6, 6.07) is 7.47. The number of hydrogen-bond donors (Lipinski definition) is 2. The summed E-state index contributed by atoms with van der Waals surface area (Å²) >= 11 is 0. The van der Waals surface area contributed by atoms with Gasteiger partial charge in [-0.2, -0.15) is 5.10 Å². The van der Waals surface area contributed by atoms with E-state index in [9.17, 15) is 18.3 Å². The second-order valence-corrected chi connectivity index (χ2v) is 8.42. The molecule has 1 aromatic carbocycles. The van der Waals surface area contributed by atoms with Crippen LogP contribution < -0.4 is 5.14 Å². The largest absolute Gasteiger partial charge is 0.386 e. The molecule has 138 valence electrons. The van der Waals surface area contributed by atoms with E-state index in [1.54, 1.807) is 4.90 Å². The van der Waals surface area contributed by atoms with E-state index in [2.05, 4.69) is 5.10 Å². The fraction of sp³-hybridized carbons (Fsp3) is 0.412. The van der Waals surface area contributed by atoms with Gasteiger partial charge in [0.1, 0.15) is 6.10 Å². The summed E-state index contributed by atoms with van der Waals surface area (Å²) in [4.78, 5) is 14.4. The Morgan fingerprint density at radius 1 is 1.23 bits per heavy atom. The molecule has 26 heavy (non-hydrogen) atoms. The molecular weight excluding hydrogens is 356 g/mol. The number of rotatable bonds is 4. The minimum atomic E-state index is -3.78. The third kappa shape index (κ3) is 3.25. The van der Waals surface area contributed by atoms with Crippen molar-refractivity contribution >= 4 is 15.9 Å². The van der Waals surface area contributed by atoms with E-state index in [1.807, 2.05) is 10.7 Å². The third-order valence-corrected chi connectivity index (χ3v) is 5.83. The first kappa shape index (κ1) is 17.2. The van der Waals surface area contributed by atoms with Crippen LogP contribution in [0.25, 0.3) is 0 Å². The number of sulfonamides is 1. The molecule has 8 nitrogen and oxygen atoms in total. The molecule has 1 amide bonds. The number of primary sulfonamides is 1. The number of nitrogens with two attached hydrogens (primary N) is 1. The first-order valence-electron chi connectivity index (χ1n) is 8.50. The van der Waals surface area contributed by atoms with E-state index in [-0.39, 0.29) is 10.8 Å². The molecule has 4 rings (SSSR count). The quantitative estimate of drug-likeness (QED) is 0.811. The van der Waals surface area contributed by atoms with Gasteiger partial charge in [0.25, 0.3) is 5.91 Å². The maximum Gasteiger partial charge on any atom is 0.254 e. The highest BCUT2D eigenvalue weighted by Gasteiger charge is 2.33. The van der Waals surface area contributed by atoms with Crippen molar-refractivity contribution in [1.82, 2.24) is 14.7 Å². The van der Waals surface area contributed by atoms with Gasteiger partial charge in [-0.05, 0) is 49.1 Å². The Labute approximate surface area is 151 Å². The van der Waals surface area contributed by atoms with Crippen LogP contribution in [0.4, 0.5) is 0 Å². The zero-order valence-corrected chi connectivity index (χ0v) is 14.9. The highest BCUT2D eigenvalue weighted by molar-refractivity contribution is 7.89. The van der Waals surface area contributed by atoms with E-state index in [0.29, 0.717) is 36.8 Å². The SMILES string of the molecule is NS(=O)(=O)c1ccc(C(=O)N2CCn3nc([C@H](O)C4CC4)cc3C2)cc1. The molecule has 1 aliphatic heterocycles. The summed E-state index contributed by atoms with van der Waals surface area (Å²) in [5.41, 5.74) is 1.97. The highest BCUT2D eigenvalue weighted by Crippen LogP contribution is 2.40. The van der Waals surface area contributed by atoms with Crippen LogP contribution in [0.3, 0.4) is 0 Å². The lowest BCUT2D eigenvalue weighted by atomic mass is 10.1. The van der Waals surface area contributed by atoms with Crippen molar-refractivity contribution in [3.63, 3.8) is 0 Å². The Morgan fingerprint density at radius 2 is 1.92 bits per heavy atom. The van der Waals surface area contributed by atoms with Gasteiger partial charge < -0.3 is 10.0 Å². The molecular formula is C17H20N4O4S. The maximum atomic E-state index is 12.7. The van der Waals surface area contributed by atoms with Crippen LogP contribution in [-0.2, 0) is 23.1 Å². The van der Waals surface area contributed by atoms with Crippen LogP contribution in [0, 0.1) is 5.92 Å². The minimum absolute atomic E-state index is 0.0236. The van der Waals surface area contributed by atoms with Crippen molar-refractivity contribution in [2.24, 2.45) is 11.1 Å². The van der Waals surface area contributed by atoms with Crippen molar-refractivity contribution < 1.29 is 18.3 Å². The molecule has 1 fully saturated rings. The first-order valence-corrected chi connectivity index (χ1v) is 10.0. The molecule has 0 radical (unpaired) electrons. The van der Waals surface area contributed by atoms with E-state index in [1.165, 1.54) is 24.3 Å². The average molecular weight is 376 g/mol. The van der Waals surface area contributed by atoms with E-state index < -0.39 is 16.1 Å². The van der Waals surface area contributed by atoms with E-state index >= 15 is 0 Å². The van der Waals surface area contributed by atoms with Gasteiger partial charge in [-0.25, -0.2) is 13.6 Å². The zero-order chi connectivity index (χ0) is 18.5. The van der Waals surface area contributed by atoms with Crippen LogP contribution in [0.15, 0.2) is 35.2 Å². The molecule has 0 bridgehead atoms. The maximum absolute atomic E-state index is 12.7. The fourth-order valence-electron chi connectivity index (χ4n) is 3.23. The van der Waals surface area contributed by atoms with E-state index in [4.69, 9.17) is 5.14 Å². The fourth-order valence-corrected chi connectivity index (χ4v) is 3.75. The van der Waals surface area contributed by atoms with Gasteiger partial charge >= 0.3 is 0 Å². The monoisotopic (exact) mass is 376 g/mol. The Bertz CT molecular complexity index is 948. The van der Waals surface area contributed by atoms with Crippen molar-refractivity contribution in [2.45, 2.75) is 36.9 Å². The number of hydrogen-bond acceptors (Lipinski definition) is 5. The number of aromatic nitrogens is 2. The van der Waals surface area contributed by atoms with Crippen molar-refractivity contribution in [2.75, 3.05) is 6.54 Å². The van der Waals surface area contributed by atoms with Crippen LogP contribution in [0.1, 0.15) is 40.7 Å². The minimum Gasteiger partial charge on any atom is -0.386 e. The Kier molecular flexibility index (Phi) is 4.09. The van der Waals surface area contributed by atoms with Gasteiger partial charge in [0.05, 0.1) is 29.4 Å². The van der Waals surface area contributed by atoms with Crippen LogP contribution in [-0.4, -0.2) is 40.7 Å². The number of aliphatic hydroxyl groups excluding tert-OH is 1.